The molecule has 0 radical (unpaired) electrons. The van der Waals surface area contributed by atoms with Gasteiger partial charge in [-0.05, 0) is 37.1 Å². The van der Waals surface area contributed by atoms with E-state index in [4.69, 9.17) is 4.74 Å². The predicted octanol–water partition coefficient (Wildman–Crippen LogP) is 3.38. The second-order valence-corrected chi connectivity index (χ2v) is 4.89. The monoisotopic (exact) mass is 270 g/mol. The van der Waals surface area contributed by atoms with Crippen molar-refractivity contribution in [3.05, 3.63) is 65.2 Å². The molecular weight excluding hydrogens is 252 g/mol. The van der Waals surface area contributed by atoms with Crippen LogP contribution in [0.3, 0.4) is 0 Å². The number of carbonyl (C=O) groups is 1. The quantitative estimate of drug-likeness (QED) is 0.906. The molecule has 0 saturated carbocycles. The van der Waals surface area contributed by atoms with Gasteiger partial charge in [0.1, 0.15) is 5.75 Å². The van der Waals surface area contributed by atoms with Crippen LogP contribution < -0.4 is 4.74 Å². The maximum Gasteiger partial charge on any atom is 0.345 e. The highest BCUT2D eigenvalue weighted by Crippen LogP contribution is 2.17. The Morgan fingerprint density at radius 3 is 2.45 bits per heavy atom. The number of rotatable bonds is 5. The number of carboxylic acids is 1. The fourth-order valence-electron chi connectivity index (χ4n) is 2.12. The van der Waals surface area contributed by atoms with Crippen LogP contribution >= 0.6 is 0 Å². The summed E-state index contributed by atoms with van der Waals surface area (Å²) >= 11 is 0. The van der Waals surface area contributed by atoms with Crippen molar-refractivity contribution in [3.63, 3.8) is 0 Å². The van der Waals surface area contributed by atoms with Crippen LogP contribution in [0, 0.1) is 13.8 Å². The van der Waals surface area contributed by atoms with E-state index in [1.807, 2.05) is 44.2 Å². The Bertz CT molecular complexity index is 590. The Hall–Kier alpha value is -2.29. The van der Waals surface area contributed by atoms with Gasteiger partial charge in [-0.1, -0.05) is 42.0 Å². The van der Waals surface area contributed by atoms with E-state index in [2.05, 4.69) is 6.07 Å². The van der Waals surface area contributed by atoms with Crippen LogP contribution in [-0.4, -0.2) is 17.2 Å². The Morgan fingerprint density at radius 1 is 1.15 bits per heavy atom. The first-order chi connectivity index (χ1) is 9.56. The maximum atomic E-state index is 11.4. The van der Waals surface area contributed by atoms with E-state index < -0.39 is 12.1 Å². The van der Waals surface area contributed by atoms with Crippen LogP contribution in [0.5, 0.6) is 5.75 Å². The maximum absolute atomic E-state index is 11.4. The van der Waals surface area contributed by atoms with Crippen molar-refractivity contribution >= 4 is 5.97 Å². The summed E-state index contributed by atoms with van der Waals surface area (Å²) in [7, 11) is 0. The standard InChI is InChI=1S/C17H18O3/c1-12-8-9-14(13(2)10-12)11-16(17(18)19)20-15-6-4-3-5-7-15/h3-10,16H,11H2,1-2H3,(H,18,19)/t16-/m1/s1. The Balaban J connectivity index is 2.15. The number of carboxylic acid groups (broad SMARTS) is 1. The second-order valence-electron chi connectivity index (χ2n) is 4.89. The van der Waals surface area contributed by atoms with Crippen LogP contribution in [0.4, 0.5) is 0 Å². The van der Waals surface area contributed by atoms with Crippen LogP contribution in [0.15, 0.2) is 48.5 Å². The van der Waals surface area contributed by atoms with Gasteiger partial charge in [0.05, 0.1) is 0 Å². The third kappa shape index (κ3) is 3.60. The zero-order chi connectivity index (χ0) is 14.5. The lowest BCUT2D eigenvalue weighted by Gasteiger charge is -2.16. The summed E-state index contributed by atoms with van der Waals surface area (Å²) in [6.45, 7) is 4.01. The molecule has 0 aliphatic carbocycles. The summed E-state index contributed by atoms with van der Waals surface area (Å²) in [4.78, 5) is 11.4. The first-order valence-electron chi connectivity index (χ1n) is 6.57. The Kier molecular flexibility index (Phi) is 4.41. The molecule has 3 nitrogen and oxygen atoms in total. The summed E-state index contributed by atoms with van der Waals surface area (Å²) in [5.41, 5.74) is 3.26. The first-order valence-corrected chi connectivity index (χ1v) is 6.57. The van der Waals surface area contributed by atoms with E-state index >= 15 is 0 Å². The molecule has 0 amide bonds. The van der Waals surface area contributed by atoms with Gasteiger partial charge in [-0.3, -0.25) is 0 Å². The smallest absolute Gasteiger partial charge is 0.345 e. The molecule has 2 aromatic rings. The average molecular weight is 270 g/mol. The van der Waals surface area contributed by atoms with Gasteiger partial charge in [-0.25, -0.2) is 4.79 Å². The van der Waals surface area contributed by atoms with Gasteiger partial charge in [-0.2, -0.15) is 0 Å². The summed E-state index contributed by atoms with van der Waals surface area (Å²) in [6, 6.07) is 15.1. The predicted molar refractivity (Wildman–Crippen MR) is 78.1 cm³/mol. The number of aryl methyl sites for hydroxylation is 2. The molecule has 0 saturated heterocycles. The number of hydrogen-bond donors (Lipinski definition) is 1. The molecule has 1 atom stereocenters. The lowest BCUT2D eigenvalue weighted by atomic mass is 10.0. The molecular formula is C17H18O3. The molecule has 104 valence electrons. The molecule has 0 unspecified atom stereocenters. The van der Waals surface area contributed by atoms with Crippen molar-refractivity contribution in [3.8, 4) is 5.75 Å². The molecule has 0 aromatic heterocycles. The Labute approximate surface area is 118 Å². The average Bonchev–Trinajstić information content (AvgIpc) is 2.42. The summed E-state index contributed by atoms with van der Waals surface area (Å²) in [6.07, 6.45) is -0.519. The third-order valence-electron chi connectivity index (χ3n) is 3.20. The van der Waals surface area contributed by atoms with Gasteiger partial charge in [0, 0.05) is 6.42 Å². The molecule has 2 aromatic carbocycles. The SMILES string of the molecule is Cc1ccc(C[C@@H](Oc2ccccc2)C(=O)O)c(C)c1. The van der Waals surface area contributed by atoms with E-state index in [1.54, 1.807) is 12.1 Å². The van der Waals surface area contributed by atoms with Crippen LogP contribution in [0.1, 0.15) is 16.7 Å². The van der Waals surface area contributed by atoms with Gasteiger partial charge in [0.25, 0.3) is 0 Å². The zero-order valence-electron chi connectivity index (χ0n) is 11.7. The second kappa shape index (κ2) is 6.24. The van der Waals surface area contributed by atoms with Crippen LogP contribution in [0.2, 0.25) is 0 Å². The number of benzene rings is 2. The highest BCUT2D eigenvalue weighted by atomic mass is 16.5. The fourth-order valence-corrected chi connectivity index (χ4v) is 2.12. The summed E-state index contributed by atoms with van der Waals surface area (Å²) in [5, 5.41) is 9.32. The van der Waals surface area contributed by atoms with Gasteiger partial charge < -0.3 is 9.84 Å². The van der Waals surface area contributed by atoms with Crippen molar-refractivity contribution in [1.29, 1.82) is 0 Å². The van der Waals surface area contributed by atoms with E-state index in [0.29, 0.717) is 12.2 Å². The molecule has 0 fully saturated rings. The number of ether oxygens (including phenoxy) is 1. The number of aliphatic carboxylic acids is 1. The summed E-state index contributed by atoms with van der Waals surface area (Å²) < 4.78 is 5.57. The lowest BCUT2D eigenvalue weighted by Crippen LogP contribution is -2.29. The highest BCUT2D eigenvalue weighted by Gasteiger charge is 2.20. The van der Waals surface area contributed by atoms with Crippen LogP contribution in [0.25, 0.3) is 0 Å². The van der Waals surface area contributed by atoms with Gasteiger partial charge >= 0.3 is 5.97 Å². The fraction of sp³-hybridized carbons (Fsp3) is 0.235. The molecule has 0 aliphatic rings. The molecule has 0 bridgehead atoms. The topological polar surface area (TPSA) is 46.5 Å². The van der Waals surface area contributed by atoms with Crippen molar-refractivity contribution in [2.75, 3.05) is 0 Å². The largest absolute Gasteiger partial charge is 0.478 e. The third-order valence-corrected chi connectivity index (χ3v) is 3.20. The molecule has 0 heterocycles. The minimum absolute atomic E-state index is 0.357. The van der Waals surface area contributed by atoms with Crippen molar-refractivity contribution in [1.82, 2.24) is 0 Å². The normalized spacial score (nSPS) is 11.9. The van der Waals surface area contributed by atoms with E-state index in [1.165, 1.54) is 5.56 Å². The molecule has 2 rings (SSSR count). The highest BCUT2D eigenvalue weighted by molar-refractivity contribution is 5.73. The Morgan fingerprint density at radius 2 is 1.85 bits per heavy atom. The van der Waals surface area contributed by atoms with E-state index in [0.717, 1.165) is 11.1 Å². The molecule has 20 heavy (non-hydrogen) atoms. The molecule has 0 aliphatic heterocycles. The zero-order valence-corrected chi connectivity index (χ0v) is 11.7. The van der Waals surface area contributed by atoms with Crippen molar-refractivity contribution < 1.29 is 14.6 Å². The number of hydrogen-bond acceptors (Lipinski definition) is 2. The van der Waals surface area contributed by atoms with Gasteiger partial charge in [-0.15, -0.1) is 0 Å². The number of para-hydroxylation sites is 1. The lowest BCUT2D eigenvalue weighted by molar-refractivity contribution is -0.145. The van der Waals surface area contributed by atoms with Crippen molar-refractivity contribution in [2.45, 2.75) is 26.4 Å². The van der Waals surface area contributed by atoms with Gasteiger partial charge in [0.15, 0.2) is 6.10 Å². The van der Waals surface area contributed by atoms with Gasteiger partial charge in [0.2, 0.25) is 0 Å². The first kappa shape index (κ1) is 14.1. The van der Waals surface area contributed by atoms with Crippen molar-refractivity contribution in [2.24, 2.45) is 0 Å². The molecule has 0 spiro atoms. The molecule has 3 heteroatoms. The summed E-state index contributed by atoms with van der Waals surface area (Å²) in [5.74, 6) is -0.376. The minimum atomic E-state index is -0.950. The van der Waals surface area contributed by atoms with E-state index in [9.17, 15) is 9.90 Å². The molecule has 1 N–H and O–H groups in total. The van der Waals surface area contributed by atoms with Crippen LogP contribution in [-0.2, 0) is 11.2 Å². The van der Waals surface area contributed by atoms with E-state index in [-0.39, 0.29) is 0 Å². The minimum Gasteiger partial charge on any atom is -0.478 e.